The van der Waals surface area contributed by atoms with Crippen molar-refractivity contribution in [3.63, 3.8) is 0 Å². The number of aromatic nitrogens is 2. The third-order valence-corrected chi connectivity index (χ3v) is 4.13. The summed E-state index contributed by atoms with van der Waals surface area (Å²) in [6, 6.07) is 8.36. The first-order valence-corrected chi connectivity index (χ1v) is 8.28. The number of carbonyl (C=O) groups is 1. The van der Waals surface area contributed by atoms with Crippen LogP contribution < -0.4 is 0 Å². The number of carboxylic acids is 1. The van der Waals surface area contributed by atoms with Crippen LogP contribution in [0.25, 0.3) is 5.65 Å². The standard InChI is InChI=1S/C19H20N4O3/c1-11(2)17-18(23-7-6-13(10-24)8-16(23)20-17)22-21-15-9-14(19(25)26)5-4-12(15)3/h4-9,11,24H,10H2,1-3H3,(H,25,26). The summed E-state index contributed by atoms with van der Waals surface area (Å²) in [5, 5.41) is 27.1. The van der Waals surface area contributed by atoms with Crippen molar-refractivity contribution in [2.24, 2.45) is 10.2 Å². The molecule has 0 saturated carbocycles. The van der Waals surface area contributed by atoms with Gasteiger partial charge in [0.05, 0.1) is 23.6 Å². The topological polar surface area (TPSA) is 99.5 Å². The maximum absolute atomic E-state index is 11.2. The molecular weight excluding hydrogens is 332 g/mol. The van der Waals surface area contributed by atoms with E-state index in [2.05, 4.69) is 15.2 Å². The Hall–Kier alpha value is -3.06. The van der Waals surface area contributed by atoms with E-state index in [1.807, 2.05) is 25.2 Å². The highest BCUT2D eigenvalue weighted by Gasteiger charge is 2.15. The van der Waals surface area contributed by atoms with Crippen molar-refractivity contribution in [1.29, 1.82) is 0 Å². The zero-order valence-corrected chi connectivity index (χ0v) is 14.8. The van der Waals surface area contributed by atoms with Gasteiger partial charge in [0, 0.05) is 6.20 Å². The summed E-state index contributed by atoms with van der Waals surface area (Å²) in [6.45, 7) is 5.83. The Morgan fingerprint density at radius 2 is 2.00 bits per heavy atom. The fourth-order valence-electron chi connectivity index (χ4n) is 2.63. The van der Waals surface area contributed by atoms with E-state index in [-0.39, 0.29) is 18.1 Å². The number of azo groups is 1. The number of pyridine rings is 1. The second-order valence-corrected chi connectivity index (χ2v) is 6.40. The largest absolute Gasteiger partial charge is 0.478 e. The SMILES string of the molecule is Cc1ccc(C(=O)O)cc1N=Nc1c(C(C)C)nc2cc(CO)ccn12. The van der Waals surface area contributed by atoms with Crippen molar-refractivity contribution < 1.29 is 15.0 Å². The lowest BCUT2D eigenvalue weighted by Crippen LogP contribution is -1.95. The molecule has 7 heteroatoms. The van der Waals surface area contributed by atoms with Gasteiger partial charge >= 0.3 is 5.97 Å². The Morgan fingerprint density at radius 3 is 2.65 bits per heavy atom. The van der Waals surface area contributed by atoms with Crippen molar-refractivity contribution in [2.45, 2.75) is 33.3 Å². The average molecular weight is 352 g/mol. The predicted molar refractivity (Wildman–Crippen MR) is 97.5 cm³/mol. The fourth-order valence-corrected chi connectivity index (χ4v) is 2.63. The van der Waals surface area contributed by atoms with Crippen LogP contribution in [0.15, 0.2) is 46.8 Å². The van der Waals surface area contributed by atoms with Gasteiger partial charge < -0.3 is 10.2 Å². The molecule has 7 nitrogen and oxygen atoms in total. The first-order chi connectivity index (χ1) is 12.4. The van der Waals surface area contributed by atoms with Gasteiger partial charge in [0.15, 0.2) is 5.82 Å². The lowest BCUT2D eigenvalue weighted by Gasteiger charge is -2.04. The third-order valence-electron chi connectivity index (χ3n) is 4.13. The number of hydrogen-bond donors (Lipinski definition) is 2. The molecule has 0 aliphatic heterocycles. The van der Waals surface area contributed by atoms with Crippen molar-refractivity contribution in [3.05, 3.63) is 58.9 Å². The van der Waals surface area contributed by atoms with E-state index in [4.69, 9.17) is 5.11 Å². The summed E-state index contributed by atoms with van der Waals surface area (Å²) in [6.07, 6.45) is 1.80. The molecule has 0 bridgehead atoms. The van der Waals surface area contributed by atoms with Gasteiger partial charge in [-0.15, -0.1) is 10.2 Å². The van der Waals surface area contributed by atoms with Crippen LogP contribution in [0.4, 0.5) is 11.5 Å². The summed E-state index contributed by atoms with van der Waals surface area (Å²) < 4.78 is 1.81. The molecule has 2 heterocycles. The van der Waals surface area contributed by atoms with Crippen LogP contribution in [0.1, 0.15) is 46.9 Å². The summed E-state index contributed by atoms with van der Waals surface area (Å²) >= 11 is 0. The first kappa shape index (κ1) is 17.8. The van der Waals surface area contributed by atoms with Gasteiger partial charge in [-0.1, -0.05) is 19.9 Å². The molecule has 2 N–H and O–H groups in total. The molecule has 0 unspecified atom stereocenters. The number of aryl methyl sites for hydroxylation is 1. The number of aliphatic hydroxyl groups is 1. The second kappa shape index (κ2) is 7.05. The van der Waals surface area contributed by atoms with Gasteiger partial charge in [0.2, 0.25) is 0 Å². The quantitative estimate of drug-likeness (QED) is 0.666. The summed E-state index contributed by atoms with van der Waals surface area (Å²) in [5.74, 6) is -0.275. The van der Waals surface area contributed by atoms with E-state index in [1.54, 1.807) is 30.5 Å². The number of aliphatic hydroxyl groups excluding tert-OH is 1. The maximum atomic E-state index is 11.2. The van der Waals surface area contributed by atoms with E-state index in [1.165, 1.54) is 6.07 Å². The van der Waals surface area contributed by atoms with E-state index >= 15 is 0 Å². The minimum absolute atomic E-state index is 0.0571. The van der Waals surface area contributed by atoms with E-state index in [0.29, 0.717) is 17.2 Å². The molecule has 0 aliphatic carbocycles. The third kappa shape index (κ3) is 3.34. The number of aromatic carboxylic acids is 1. The smallest absolute Gasteiger partial charge is 0.335 e. The molecular formula is C19H20N4O3. The minimum Gasteiger partial charge on any atom is -0.478 e. The monoisotopic (exact) mass is 352 g/mol. The van der Waals surface area contributed by atoms with E-state index in [9.17, 15) is 9.90 Å². The molecule has 1 aromatic carbocycles. The van der Waals surface area contributed by atoms with Crippen LogP contribution in [-0.2, 0) is 6.61 Å². The van der Waals surface area contributed by atoms with E-state index < -0.39 is 5.97 Å². The Balaban J connectivity index is 2.10. The zero-order chi connectivity index (χ0) is 18.8. The number of carboxylic acid groups (broad SMARTS) is 1. The molecule has 0 spiro atoms. The van der Waals surface area contributed by atoms with Crippen LogP contribution in [0, 0.1) is 6.92 Å². The molecule has 3 aromatic rings. The molecule has 0 amide bonds. The van der Waals surface area contributed by atoms with Crippen LogP contribution in [-0.4, -0.2) is 25.6 Å². The van der Waals surface area contributed by atoms with Gasteiger partial charge in [0.25, 0.3) is 0 Å². The highest BCUT2D eigenvalue weighted by Crippen LogP contribution is 2.30. The minimum atomic E-state index is -1.00. The summed E-state index contributed by atoms with van der Waals surface area (Å²) in [5.41, 5.74) is 3.74. The van der Waals surface area contributed by atoms with Crippen LogP contribution in [0.3, 0.4) is 0 Å². The molecule has 0 fully saturated rings. The normalized spacial score (nSPS) is 11.7. The predicted octanol–water partition coefficient (Wildman–Crippen LogP) is 4.37. The Labute approximate surface area is 150 Å². The summed E-state index contributed by atoms with van der Waals surface area (Å²) in [4.78, 5) is 15.8. The Bertz CT molecular complexity index is 1010. The number of rotatable bonds is 5. The molecule has 2 aromatic heterocycles. The van der Waals surface area contributed by atoms with Crippen molar-refractivity contribution in [3.8, 4) is 0 Å². The van der Waals surface area contributed by atoms with Crippen LogP contribution >= 0.6 is 0 Å². The molecule has 134 valence electrons. The highest BCUT2D eigenvalue weighted by molar-refractivity contribution is 5.88. The second-order valence-electron chi connectivity index (χ2n) is 6.40. The van der Waals surface area contributed by atoms with Gasteiger partial charge in [-0.25, -0.2) is 9.78 Å². The van der Waals surface area contributed by atoms with Gasteiger partial charge in [0.1, 0.15) is 5.65 Å². The Kier molecular flexibility index (Phi) is 4.81. The van der Waals surface area contributed by atoms with Crippen molar-refractivity contribution >= 4 is 23.1 Å². The zero-order valence-electron chi connectivity index (χ0n) is 14.8. The van der Waals surface area contributed by atoms with Gasteiger partial charge in [-0.2, -0.15) is 0 Å². The Morgan fingerprint density at radius 1 is 1.23 bits per heavy atom. The first-order valence-electron chi connectivity index (χ1n) is 8.28. The number of fused-ring (bicyclic) bond motifs is 1. The van der Waals surface area contributed by atoms with Gasteiger partial charge in [-0.3, -0.25) is 4.40 Å². The van der Waals surface area contributed by atoms with E-state index in [0.717, 1.165) is 16.8 Å². The number of nitrogens with zero attached hydrogens (tertiary/aromatic N) is 4. The molecule has 0 atom stereocenters. The molecule has 26 heavy (non-hydrogen) atoms. The highest BCUT2D eigenvalue weighted by atomic mass is 16.4. The van der Waals surface area contributed by atoms with Gasteiger partial charge in [-0.05, 0) is 48.2 Å². The number of hydrogen-bond acceptors (Lipinski definition) is 5. The lowest BCUT2D eigenvalue weighted by molar-refractivity contribution is 0.0697. The van der Waals surface area contributed by atoms with Crippen LogP contribution in [0.2, 0.25) is 0 Å². The van der Waals surface area contributed by atoms with Crippen LogP contribution in [0.5, 0.6) is 0 Å². The fraction of sp³-hybridized carbons (Fsp3) is 0.263. The van der Waals surface area contributed by atoms with Crippen molar-refractivity contribution in [1.82, 2.24) is 9.38 Å². The number of benzene rings is 1. The maximum Gasteiger partial charge on any atom is 0.335 e. The summed E-state index contributed by atoms with van der Waals surface area (Å²) in [7, 11) is 0. The number of imidazole rings is 1. The molecule has 0 saturated heterocycles. The molecule has 3 rings (SSSR count). The molecule has 0 radical (unpaired) electrons. The lowest BCUT2D eigenvalue weighted by atomic mass is 10.1. The van der Waals surface area contributed by atoms with Crippen molar-refractivity contribution in [2.75, 3.05) is 0 Å². The average Bonchev–Trinajstić information content (AvgIpc) is 2.98. The molecule has 0 aliphatic rings.